The third-order valence-corrected chi connectivity index (χ3v) is 17.8. The molecule has 6 aliphatic heterocycles. The third kappa shape index (κ3) is 20.9. The number of nitrogens with one attached hydrogen (secondary N) is 5. The Balaban J connectivity index is 1.07. The minimum atomic E-state index is -2.07. The molecule has 6 aliphatic rings. The van der Waals surface area contributed by atoms with Crippen molar-refractivity contribution in [2.24, 2.45) is 0 Å². The van der Waals surface area contributed by atoms with Crippen molar-refractivity contribution in [3.63, 3.8) is 0 Å². The molecule has 99 heavy (non-hydrogen) atoms. The lowest BCUT2D eigenvalue weighted by molar-refractivity contribution is -0.368. The van der Waals surface area contributed by atoms with Crippen LogP contribution in [0.5, 0.6) is 5.75 Å². The maximum absolute atomic E-state index is 14.0. The summed E-state index contributed by atoms with van der Waals surface area (Å²) in [5.41, 5.74) is 0.0482. The first-order valence-corrected chi connectivity index (χ1v) is 33.2. The summed E-state index contributed by atoms with van der Waals surface area (Å²) >= 11 is 0. The van der Waals surface area contributed by atoms with Crippen molar-refractivity contribution >= 4 is 29.5 Å². The minimum absolute atomic E-state index is 0.0482. The second-order valence-corrected chi connectivity index (χ2v) is 25.3. The molecule has 6 saturated heterocycles. The average Bonchev–Trinajstić information content (AvgIpc) is 0.791. The normalized spacial score (nSPS) is 39.6. The third-order valence-electron chi connectivity index (χ3n) is 17.8. The van der Waals surface area contributed by atoms with Gasteiger partial charge in [0.05, 0.1) is 45.7 Å². The van der Waals surface area contributed by atoms with Crippen molar-refractivity contribution < 1.29 is 152 Å². The molecule has 7 rings (SSSR count). The summed E-state index contributed by atoms with van der Waals surface area (Å²) in [7, 11) is 1.21. The van der Waals surface area contributed by atoms with Crippen LogP contribution in [0.1, 0.15) is 96.8 Å². The number of aliphatic hydroxyl groups is 13. The fourth-order valence-corrected chi connectivity index (χ4v) is 12.7. The molecular weight excluding hydrogens is 1320 g/mol. The highest BCUT2D eigenvalue weighted by Crippen LogP contribution is 2.37. The van der Waals surface area contributed by atoms with Gasteiger partial charge in [-0.05, 0) is 50.8 Å². The topological polar surface area (TPSA) is 528 Å². The molecule has 36 heteroatoms. The van der Waals surface area contributed by atoms with E-state index in [9.17, 15) is 90.4 Å². The molecule has 1 aromatic carbocycles. The average molecular weight is 1420 g/mol. The molecule has 564 valence electrons. The van der Waals surface area contributed by atoms with Gasteiger partial charge < -0.3 is 155 Å². The monoisotopic (exact) mass is 1420 g/mol. The van der Waals surface area contributed by atoms with Crippen LogP contribution < -0.4 is 31.3 Å². The molecule has 0 radical (unpaired) electrons. The summed E-state index contributed by atoms with van der Waals surface area (Å²) in [6, 6.07) is -2.45. The Morgan fingerprint density at radius 1 is 0.465 bits per heavy atom. The fourth-order valence-electron chi connectivity index (χ4n) is 12.7. The Hall–Kier alpha value is -4.89. The van der Waals surface area contributed by atoms with E-state index in [4.69, 9.17) is 61.6 Å². The van der Waals surface area contributed by atoms with Gasteiger partial charge in [0.1, 0.15) is 146 Å². The van der Waals surface area contributed by atoms with E-state index in [2.05, 4.69) is 45.7 Å². The Labute approximate surface area is 571 Å². The zero-order valence-corrected chi connectivity index (χ0v) is 56.1. The van der Waals surface area contributed by atoms with Gasteiger partial charge in [0.25, 0.3) is 5.91 Å². The Morgan fingerprint density at radius 3 is 1.35 bits per heavy atom. The van der Waals surface area contributed by atoms with Gasteiger partial charge in [-0.2, -0.15) is 0 Å². The number of rotatable bonds is 32. The fraction of sp³-hybridized carbons (Fsp3) is 0.794. The van der Waals surface area contributed by atoms with E-state index >= 15 is 0 Å². The number of methoxy groups -OCH3 is 1. The summed E-state index contributed by atoms with van der Waals surface area (Å²) in [5, 5.41) is 158. The standard InChI is InChI=1S/C63H101N5O31/c1-8-9-10-11-12-13-14-15-16-20-88-33-19-17-18-32(21-33)57(85)68-40-46(79)45(78)34(22-69)92-59(40)96-52-35(23-70)93-60(41(48(52)81)65-29(4)74)97-53-36(24-71)94-61(42(49(53)82)66-30(5)75)98-54-37(25-72)95-62(43(50(54)83)67-31(6)76)99-55-38(91-58(86)39(47(55)80)64-28(3)73)26-89-63-56(87-7)51(84)44(77)27(2)90-63/h13-14,17-19,21,27,34-56,58-63,69-72,77-84,86H,8-12,15-16,20,22-26H2,1-7H3,(H,64,73)(H,65,74)(H,66,75)(H,67,76)(H,68,85)/b14-13-/t27?,34?,35?,36?,37?,38?,39-,40?,41?,42-,43?,44?,45+,46?,47+,48?,49+,50?,51?,52+,53?,54+,55?,56?,58?,59?,60?,61-,62-,63+/m0/s1. The lowest BCUT2D eigenvalue weighted by Crippen LogP contribution is -2.72. The number of benzene rings is 1. The molecule has 18 N–H and O–H groups in total. The summed E-state index contributed by atoms with van der Waals surface area (Å²) < 4.78 is 77.9. The van der Waals surface area contributed by atoms with Gasteiger partial charge in [-0.15, -0.1) is 0 Å². The number of allylic oxidation sites excluding steroid dienone is 2. The van der Waals surface area contributed by atoms with Crippen LogP contribution in [-0.2, 0) is 76.0 Å². The van der Waals surface area contributed by atoms with E-state index in [1.807, 2.05) is 0 Å². The van der Waals surface area contributed by atoms with Crippen molar-refractivity contribution in [3.8, 4) is 5.75 Å². The molecule has 6 fully saturated rings. The Kier molecular flexibility index (Phi) is 31.7. The molecule has 0 spiro atoms. The van der Waals surface area contributed by atoms with Crippen molar-refractivity contribution in [2.75, 3.05) is 46.8 Å². The summed E-state index contributed by atoms with van der Waals surface area (Å²) in [5.74, 6) is -3.67. The molecule has 0 aromatic heterocycles. The highest BCUT2D eigenvalue weighted by atomic mass is 16.8. The van der Waals surface area contributed by atoms with Gasteiger partial charge in [0, 0.05) is 40.4 Å². The van der Waals surface area contributed by atoms with Gasteiger partial charge in [-0.1, -0.05) is 44.4 Å². The Bertz CT molecular complexity index is 2730. The van der Waals surface area contributed by atoms with Crippen LogP contribution in [0.25, 0.3) is 0 Å². The predicted molar refractivity (Wildman–Crippen MR) is 333 cm³/mol. The molecule has 0 aliphatic carbocycles. The highest BCUT2D eigenvalue weighted by Gasteiger charge is 2.58. The molecule has 36 nitrogen and oxygen atoms in total. The van der Waals surface area contributed by atoms with Crippen LogP contribution in [0.15, 0.2) is 36.4 Å². The first-order chi connectivity index (χ1) is 47.2. The van der Waals surface area contributed by atoms with E-state index < -0.39 is 246 Å². The number of amides is 5. The highest BCUT2D eigenvalue weighted by molar-refractivity contribution is 5.94. The van der Waals surface area contributed by atoms with Gasteiger partial charge in [-0.3, -0.25) is 24.0 Å². The molecule has 6 heterocycles. The lowest BCUT2D eigenvalue weighted by atomic mass is 9.93. The van der Waals surface area contributed by atoms with Crippen molar-refractivity contribution in [3.05, 3.63) is 42.0 Å². The van der Waals surface area contributed by atoms with E-state index in [1.54, 1.807) is 12.1 Å². The zero-order chi connectivity index (χ0) is 72.5. The van der Waals surface area contributed by atoms with E-state index in [1.165, 1.54) is 39.0 Å². The van der Waals surface area contributed by atoms with Gasteiger partial charge in [-0.25, -0.2) is 0 Å². The first kappa shape index (κ1) is 81.4. The number of carbonyl (C=O) groups is 5. The molecule has 0 bridgehead atoms. The summed E-state index contributed by atoms with van der Waals surface area (Å²) in [4.78, 5) is 65.1. The smallest absolute Gasteiger partial charge is 0.251 e. The molecule has 0 saturated carbocycles. The SMILES string of the molecule is CCCCCC/C=C\CCCOc1cccc(C(=O)NC2C(O[C@@H]3C(CO)OC(OC4C(CO)O[C@@H](O[C@@H]5C(CO)O[C@@H](OC6C(CO[C@@H]7OC(C)C(O)C(O)C7OC)OC(O)[C@@H](NC(C)=O)[C@H]6O)C(NC(C)=O)C5O)[C@@H](NC(C)=O)[C@H]4O)C(NC(C)=O)C3O)OC(CO)[C@@H](O)C2O)c1. The number of ether oxygens (including phenoxy) is 13. The van der Waals surface area contributed by atoms with Crippen LogP contribution in [-0.4, -0.2) is 327 Å². The first-order valence-electron chi connectivity index (χ1n) is 33.2. The zero-order valence-electron chi connectivity index (χ0n) is 56.1. The van der Waals surface area contributed by atoms with Crippen LogP contribution >= 0.6 is 0 Å². The number of hydrogen-bond acceptors (Lipinski definition) is 31. The van der Waals surface area contributed by atoms with Crippen LogP contribution in [0.4, 0.5) is 0 Å². The second kappa shape index (κ2) is 38.6. The second-order valence-electron chi connectivity index (χ2n) is 25.3. The lowest BCUT2D eigenvalue weighted by Gasteiger charge is -2.51. The van der Waals surface area contributed by atoms with Crippen LogP contribution in [0.2, 0.25) is 0 Å². The van der Waals surface area contributed by atoms with E-state index in [0.717, 1.165) is 53.4 Å². The van der Waals surface area contributed by atoms with E-state index in [0.29, 0.717) is 18.8 Å². The maximum atomic E-state index is 14.0. The molecular formula is C63H101N5O31. The van der Waals surface area contributed by atoms with Crippen molar-refractivity contribution in [2.45, 2.75) is 270 Å². The quantitative estimate of drug-likeness (QED) is 0.0235. The van der Waals surface area contributed by atoms with Crippen molar-refractivity contribution in [1.82, 2.24) is 26.6 Å². The number of carbonyl (C=O) groups excluding carboxylic acids is 5. The summed E-state index contributed by atoms with van der Waals surface area (Å²) in [6.45, 7) is 3.52. The largest absolute Gasteiger partial charge is 0.494 e. The molecule has 30 atom stereocenters. The maximum Gasteiger partial charge on any atom is 0.251 e. The minimum Gasteiger partial charge on any atom is -0.494 e. The number of hydrogen-bond donors (Lipinski definition) is 18. The number of aliphatic hydroxyl groups excluding tert-OH is 13. The van der Waals surface area contributed by atoms with Crippen LogP contribution in [0.3, 0.4) is 0 Å². The molecule has 1 aromatic rings. The van der Waals surface area contributed by atoms with Gasteiger partial charge >= 0.3 is 0 Å². The number of unbranched alkanes of at least 4 members (excludes halogenated alkanes) is 5. The molecule has 5 amide bonds. The Morgan fingerprint density at radius 2 is 0.899 bits per heavy atom. The van der Waals surface area contributed by atoms with Crippen molar-refractivity contribution in [1.29, 1.82) is 0 Å². The summed E-state index contributed by atoms with van der Waals surface area (Å²) in [6.07, 6.45) is -32.0. The van der Waals surface area contributed by atoms with E-state index in [-0.39, 0.29) is 5.56 Å². The van der Waals surface area contributed by atoms with Gasteiger partial charge in [0.15, 0.2) is 37.7 Å². The van der Waals surface area contributed by atoms with Gasteiger partial charge in [0.2, 0.25) is 23.6 Å². The molecule has 20 unspecified atom stereocenters. The van der Waals surface area contributed by atoms with Crippen LogP contribution in [0, 0.1) is 0 Å². The predicted octanol–water partition coefficient (Wildman–Crippen LogP) is -6.72.